The maximum Gasteiger partial charge on any atom is 0.404 e. The number of rotatable bonds is 10. The van der Waals surface area contributed by atoms with E-state index < -0.39 is 28.6 Å². The Morgan fingerprint density at radius 2 is 2.00 bits per heavy atom. The third-order valence-electron chi connectivity index (χ3n) is 5.99. The molecule has 1 atom stereocenters. The summed E-state index contributed by atoms with van der Waals surface area (Å²) in [5.74, 6) is -0.889. The Labute approximate surface area is 230 Å². The standard InChI is InChI=1S/C26H22FN7O7/c1-40-17-10-18(22(27)21(11-17)41-2)23(30-16-8-7-14(12-28)15(9-16)13-29-26(36)37)24-31-25(35)33(32-24)19-5-3-4-6-20(19)34(38)39/h3-11,23,29-30H,13H2,1-2H3,(H,36,37)(H,31,32,35). The van der Waals surface area contributed by atoms with Crippen molar-refractivity contribution >= 4 is 17.5 Å². The number of anilines is 1. The van der Waals surface area contributed by atoms with Gasteiger partial charge in [-0.2, -0.15) is 9.94 Å². The summed E-state index contributed by atoms with van der Waals surface area (Å²) in [6.07, 6.45) is -1.30. The van der Waals surface area contributed by atoms with Crippen molar-refractivity contribution in [2.45, 2.75) is 12.6 Å². The minimum absolute atomic E-state index is 0.0702. The molecule has 3 aromatic carbocycles. The van der Waals surface area contributed by atoms with Gasteiger partial charge in [-0.3, -0.25) is 15.1 Å². The van der Waals surface area contributed by atoms with Gasteiger partial charge in [0, 0.05) is 29.9 Å². The predicted octanol–water partition coefficient (Wildman–Crippen LogP) is 3.47. The molecule has 4 aromatic rings. The summed E-state index contributed by atoms with van der Waals surface area (Å²) < 4.78 is 26.9. The van der Waals surface area contributed by atoms with Gasteiger partial charge in [-0.05, 0) is 35.9 Å². The Morgan fingerprint density at radius 3 is 2.66 bits per heavy atom. The highest BCUT2D eigenvalue weighted by Gasteiger charge is 2.28. The number of ether oxygens (including phenoxy) is 2. The first kappa shape index (κ1) is 28.1. The average molecular weight is 564 g/mol. The largest absolute Gasteiger partial charge is 0.497 e. The van der Waals surface area contributed by atoms with E-state index >= 15 is 4.39 Å². The number of nitro benzene ring substituents is 1. The number of carbonyl (C=O) groups is 1. The number of hydrogen-bond acceptors (Lipinski definition) is 9. The summed E-state index contributed by atoms with van der Waals surface area (Å²) in [5.41, 5.74) is -0.576. The Kier molecular flexibility index (Phi) is 8.13. The first-order valence-electron chi connectivity index (χ1n) is 11.8. The van der Waals surface area contributed by atoms with Crippen molar-refractivity contribution in [1.82, 2.24) is 20.1 Å². The Morgan fingerprint density at radius 1 is 1.24 bits per heavy atom. The Hall–Kier alpha value is -5.91. The minimum atomic E-state index is -1.30. The molecule has 4 N–H and O–H groups in total. The first-order chi connectivity index (χ1) is 19.7. The summed E-state index contributed by atoms with van der Waals surface area (Å²) in [7, 11) is 2.63. The number of H-pyrrole nitrogens is 1. The summed E-state index contributed by atoms with van der Waals surface area (Å²) in [5, 5.41) is 39.5. The lowest BCUT2D eigenvalue weighted by Crippen LogP contribution is -2.21. The highest BCUT2D eigenvalue weighted by Crippen LogP contribution is 2.35. The number of nitrogens with one attached hydrogen (secondary N) is 3. The van der Waals surface area contributed by atoms with Crippen LogP contribution in [-0.2, 0) is 6.54 Å². The molecule has 0 saturated carbocycles. The van der Waals surface area contributed by atoms with Gasteiger partial charge in [-0.15, -0.1) is 5.10 Å². The quantitative estimate of drug-likeness (QED) is 0.164. The molecule has 0 saturated heterocycles. The lowest BCUT2D eigenvalue weighted by Gasteiger charge is -2.21. The van der Waals surface area contributed by atoms with E-state index in [4.69, 9.17) is 14.6 Å². The zero-order chi connectivity index (χ0) is 29.7. The Balaban J connectivity index is 1.89. The highest BCUT2D eigenvalue weighted by molar-refractivity contribution is 5.65. The van der Waals surface area contributed by atoms with Crippen LogP contribution in [0.2, 0.25) is 0 Å². The molecule has 14 nitrogen and oxygen atoms in total. The fourth-order valence-electron chi connectivity index (χ4n) is 4.07. The molecule has 1 heterocycles. The van der Waals surface area contributed by atoms with Crippen LogP contribution in [0.15, 0.2) is 59.4 Å². The molecule has 4 rings (SSSR count). The van der Waals surface area contributed by atoms with E-state index in [0.717, 1.165) is 4.68 Å². The van der Waals surface area contributed by atoms with E-state index in [1.54, 1.807) is 0 Å². The van der Waals surface area contributed by atoms with Crippen molar-refractivity contribution in [3.63, 3.8) is 0 Å². The number of para-hydroxylation sites is 2. The summed E-state index contributed by atoms with van der Waals surface area (Å²) in [6, 6.07) is 13.3. The van der Waals surface area contributed by atoms with Gasteiger partial charge in [0.15, 0.2) is 17.4 Å². The number of aromatic nitrogens is 3. The normalized spacial score (nSPS) is 11.3. The van der Waals surface area contributed by atoms with Gasteiger partial charge in [0.1, 0.15) is 17.5 Å². The van der Waals surface area contributed by atoms with Crippen LogP contribution in [0.3, 0.4) is 0 Å². The number of aromatic amines is 1. The van der Waals surface area contributed by atoms with Crippen LogP contribution in [0, 0.1) is 27.3 Å². The van der Waals surface area contributed by atoms with Gasteiger partial charge in [0.25, 0.3) is 5.69 Å². The lowest BCUT2D eigenvalue weighted by molar-refractivity contribution is -0.384. The second kappa shape index (κ2) is 11.9. The van der Waals surface area contributed by atoms with E-state index in [-0.39, 0.29) is 46.4 Å². The fraction of sp³-hybridized carbons (Fsp3) is 0.154. The maximum atomic E-state index is 15.7. The van der Waals surface area contributed by atoms with Crippen molar-refractivity contribution in [2.24, 2.45) is 0 Å². The van der Waals surface area contributed by atoms with E-state index in [2.05, 4.69) is 20.7 Å². The van der Waals surface area contributed by atoms with Crippen molar-refractivity contribution in [3.8, 4) is 23.3 Å². The summed E-state index contributed by atoms with van der Waals surface area (Å²) >= 11 is 0. The minimum Gasteiger partial charge on any atom is -0.497 e. The zero-order valence-corrected chi connectivity index (χ0v) is 21.5. The number of benzene rings is 3. The molecule has 1 unspecified atom stereocenters. The summed E-state index contributed by atoms with van der Waals surface area (Å²) in [6.45, 7) is -0.192. The number of nitriles is 1. The van der Waals surface area contributed by atoms with E-state index in [1.165, 1.54) is 68.8 Å². The van der Waals surface area contributed by atoms with Crippen molar-refractivity contribution in [3.05, 3.63) is 104 Å². The number of hydrogen-bond donors (Lipinski definition) is 4. The Bertz CT molecular complexity index is 1730. The van der Waals surface area contributed by atoms with E-state index in [9.17, 15) is 25.0 Å². The van der Waals surface area contributed by atoms with Gasteiger partial charge in [0.2, 0.25) is 0 Å². The van der Waals surface area contributed by atoms with Crippen LogP contribution in [0.1, 0.15) is 28.6 Å². The molecule has 1 amide bonds. The molecule has 0 spiro atoms. The van der Waals surface area contributed by atoms with Crippen molar-refractivity contribution < 1.29 is 28.7 Å². The van der Waals surface area contributed by atoms with E-state index in [1.807, 2.05) is 6.07 Å². The third kappa shape index (κ3) is 5.91. The molecule has 41 heavy (non-hydrogen) atoms. The molecule has 0 fully saturated rings. The number of nitrogens with zero attached hydrogens (tertiary/aromatic N) is 4. The number of methoxy groups -OCH3 is 2. The topological polar surface area (TPSA) is 197 Å². The molecule has 0 aliphatic carbocycles. The van der Waals surface area contributed by atoms with Crippen LogP contribution >= 0.6 is 0 Å². The predicted molar refractivity (Wildman–Crippen MR) is 142 cm³/mol. The monoisotopic (exact) mass is 563 g/mol. The molecule has 0 bridgehead atoms. The zero-order valence-electron chi connectivity index (χ0n) is 21.5. The van der Waals surface area contributed by atoms with Crippen LogP contribution < -0.4 is 25.8 Å². The maximum absolute atomic E-state index is 15.7. The van der Waals surface area contributed by atoms with Crippen LogP contribution in [0.5, 0.6) is 11.5 Å². The smallest absolute Gasteiger partial charge is 0.404 e. The molecule has 0 aliphatic heterocycles. The van der Waals surface area contributed by atoms with Crippen LogP contribution in [0.25, 0.3) is 5.69 Å². The van der Waals surface area contributed by atoms with Crippen LogP contribution in [-0.4, -0.2) is 45.1 Å². The second-order valence-corrected chi connectivity index (χ2v) is 8.43. The molecule has 0 aliphatic rings. The second-order valence-electron chi connectivity index (χ2n) is 8.43. The number of halogens is 1. The molecule has 0 radical (unpaired) electrons. The van der Waals surface area contributed by atoms with Gasteiger partial charge in [0.05, 0.1) is 30.8 Å². The van der Waals surface area contributed by atoms with Crippen molar-refractivity contribution in [1.29, 1.82) is 5.26 Å². The van der Waals surface area contributed by atoms with E-state index in [0.29, 0.717) is 11.3 Å². The number of carboxylic acid groups (broad SMARTS) is 1. The van der Waals surface area contributed by atoms with Gasteiger partial charge in [-0.1, -0.05) is 12.1 Å². The van der Waals surface area contributed by atoms with Crippen LogP contribution in [0.4, 0.5) is 20.6 Å². The molecule has 1 aromatic heterocycles. The molecular weight excluding hydrogens is 541 g/mol. The summed E-state index contributed by atoms with van der Waals surface area (Å²) in [4.78, 5) is 37.4. The average Bonchev–Trinajstić information content (AvgIpc) is 3.35. The lowest BCUT2D eigenvalue weighted by atomic mass is 10.0. The van der Waals surface area contributed by atoms with Crippen molar-refractivity contribution in [2.75, 3.05) is 19.5 Å². The fourth-order valence-corrected chi connectivity index (χ4v) is 4.07. The number of nitro groups is 1. The number of amides is 1. The molecule has 15 heteroatoms. The van der Waals surface area contributed by atoms with Gasteiger partial charge >= 0.3 is 11.8 Å². The first-order valence-corrected chi connectivity index (χ1v) is 11.8. The van der Waals surface area contributed by atoms with Gasteiger partial charge < -0.3 is 25.2 Å². The molecule has 210 valence electrons. The highest BCUT2D eigenvalue weighted by atomic mass is 19.1. The van der Waals surface area contributed by atoms with Gasteiger partial charge in [-0.25, -0.2) is 14.0 Å². The third-order valence-corrected chi connectivity index (χ3v) is 5.99. The molecular formula is C26H22FN7O7. The SMILES string of the molecule is COc1cc(OC)c(F)c(C(Nc2ccc(C#N)c(CNC(=O)O)c2)c2nn(-c3ccccc3[N+](=O)[O-])c(=O)[nH]2)c1.